The summed E-state index contributed by atoms with van der Waals surface area (Å²) in [5, 5.41) is 8.99. The molecule has 0 bridgehead atoms. The summed E-state index contributed by atoms with van der Waals surface area (Å²) in [4.78, 5) is 0. The number of nitriles is 1. The highest BCUT2D eigenvalue weighted by Gasteiger charge is 2.24. The number of methoxy groups -OCH3 is 1. The monoisotopic (exact) mass is 273 g/mol. The highest BCUT2D eigenvalue weighted by Crippen LogP contribution is 2.30. The van der Waals surface area contributed by atoms with Gasteiger partial charge in [0.15, 0.2) is 0 Å². The van der Waals surface area contributed by atoms with E-state index in [4.69, 9.17) is 14.7 Å². The smallest absolute Gasteiger partial charge is 0.124 e. The van der Waals surface area contributed by atoms with Gasteiger partial charge in [-0.15, -0.1) is 0 Å². The van der Waals surface area contributed by atoms with E-state index in [-0.39, 0.29) is 0 Å². The summed E-state index contributed by atoms with van der Waals surface area (Å²) in [6.45, 7) is 2.77. The average molecular weight is 273 g/mol. The van der Waals surface area contributed by atoms with Crippen molar-refractivity contribution in [2.45, 2.75) is 51.7 Å². The number of ether oxygens (including phenoxy) is 2. The lowest BCUT2D eigenvalue weighted by atomic mass is 9.85. The Kier molecular flexibility index (Phi) is 5.43. The number of rotatable bonds is 5. The molecule has 20 heavy (non-hydrogen) atoms. The highest BCUT2D eigenvalue weighted by atomic mass is 16.5. The minimum absolute atomic E-state index is 0.351. The first-order chi connectivity index (χ1) is 9.78. The van der Waals surface area contributed by atoms with Crippen molar-refractivity contribution in [1.82, 2.24) is 0 Å². The summed E-state index contributed by atoms with van der Waals surface area (Å²) in [6.07, 6.45) is 6.54. The molecule has 3 nitrogen and oxygen atoms in total. The van der Waals surface area contributed by atoms with Crippen LogP contribution in [0.2, 0.25) is 0 Å². The number of hydrogen-bond donors (Lipinski definition) is 0. The fourth-order valence-electron chi connectivity index (χ4n) is 3.02. The van der Waals surface area contributed by atoms with Crippen molar-refractivity contribution in [3.8, 4) is 11.8 Å². The van der Waals surface area contributed by atoms with Crippen LogP contribution < -0.4 is 4.74 Å². The average Bonchev–Trinajstić information content (AvgIpc) is 2.52. The zero-order valence-corrected chi connectivity index (χ0v) is 12.4. The lowest BCUT2D eigenvalue weighted by molar-refractivity contribution is -0.0227. The third kappa shape index (κ3) is 3.52. The maximum atomic E-state index is 8.99. The van der Waals surface area contributed by atoms with E-state index in [1.165, 1.54) is 25.7 Å². The minimum Gasteiger partial charge on any atom is -0.496 e. The molecule has 2 rings (SSSR count). The van der Waals surface area contributed by atoms with Crippen LogP contribution in [-0.2, 0) is 11.3 Å². The second kappa shape index (κ2) is 7.31. The molecule has 0 N–H and O–H groups in total. The van der Waals surface area contributed by atoms with Crippen molar-refractivity contribution in [3.63, 3.8) is 0 Å². The summed E-state index contributed by atoms with van der Waals surface area (Å²) < 4.78 is 11.5. The molecule has 0 aliphatic heterocycles. The van der Waals surface area contributed by atoms with Crippen LogP contribution in [0.3, 0.4) is 0 Å². The highest BCUT2D eigenvalue weighted by molar-refractivity contribution is 5.41. The lowest BCUT2D eigenvalue weighted by Crippen LogP contribution is -2.27. The molecule has 3 heteroatoms. The summed E-state index contributed by atoms with van der Waals surface area (Å²) in [6, 6.07) is 7.65. The molecule has 0 radical (unpaired) electrons. The van der Waals surface area contributed by atoms with E-state index in [1.807, 2.05) is 12.1 Å². The zero-order chi connectivity index (χ0) is 14.4. The van der Waals surface area contributed by atoms with E-state index in [1.54, 1.807) is 13.2 Å². The van der Waals surface area contributed by atoms with E-state index < -0.39 is 0 Å². The molecular weight excluding hydrogens is 250 g/mol. The molecule has 0 heterocycles. The fraction of sp³-hybridized carbons (Fsp3) is 0.588. The molecule has 0 aromatic heterocycles. The number of benzene rings is 1. The first kappa shape index (κ1) is 14.9. The molecule has 108 valence electrons. The summed E-state index contributed by atoms with van der Waals surface area (Å²) in [5.41, 5.74) is 1.62. The van der Waals surface area contributed by atoms with Crippen LogP contribution in [0.25, 0.3) is 0 Å². The van der Waals surface area contributed by atoms with Crippen molar-refractivity contribution in [1.29, 1.82) is 5.26 Å². The summed E-state index contributed by atoms with van der Waals surface area (Å²) >= 11 is 0. The Hall–Kier alpha value is -1.53. The van der Waals surface area contributed by atoms with E-state index in [2.05, 4.69) is 13.0 Å². The predicted octanol–water partition coefficient (Wildman–Crippen LogP) is 4.05. The molecular formula is C17H23NO2. The molecule has 2 atom stereocenters. The van der Waals surface area contributed by atoms with Gasteiger partial charge in [-0.2, -0.15) is 5.26 Å². The normalized spacial score (nSPS) is 22.2. The van der Waals surface area contributed by atoms with Gasteiger partial charge in [0.2, 0.25) is 0 Å². The van der Waals surface area contributed by atoms with Crippen LogP contribution in [0.15, 0.2) is 18.2 Å². The van der Waals surface area contributed by atoms with E-state index in [0.29, 0.717) is 24.2 Å². The second-order valence-corrected chi connectivity index (χ2v) is 5.44. The van der Waals surface area contributed by atoms with Gasteiger partial charge in [-0.05, 0) is 37.0 Å². The largest absolute Gasteiger partial charge is 0.496 e. The molecule has 1 aliphatic carbocycles. The molecule has 1 saturated carbocycles. The van der Waals surface area contributed by atoms with Gasteiger partial charge in [-0.25, -0.2) is 0 Å². The fourth-order valence-corrected chi connectivity index (χ4v) is 3.02. The third-order valence-corrected chi connectivity index (χ3v) is 4.23. The van der Waals surface area contributed by atoms with Crippen LogP contribution in [0.1, 0.15) is 50.2 Å². The molecule has 0 amide bonds. The van der Waals surface area contributed by atoms with Gasteiger partial charge < -0.3 is 9.47 Å². The van der Waals surface area contributed by atoms with Crippen molar-refractivity contribution in [2.75, 3.05) is 7.11 Å². The Bertz CT molecular complexity index is 478. The molecule has 2 unspecified atom stereocenters. The first-order valence-corrected chi connectivity index (χ1v) is 7.47. The van der Waals surface area contributed by atoms with Crippen LogP contribution in [0, 0.1) is 17.2 Å². The first-order valence-electron chi connectivity index (χ1n) is 7.47. The van der Waals surface area contributed by atoms with E-state index in [0.717, 1.165) is 17.7 Å². The SMILES string of the molecule is CCC1CCCCC1OCc1cc(C#N)ccc1OC. The van der Waals surface area contributed by atoms with Crippen molar-refractivity contribution >= 4 is 0 Å². The molecule has 0 saturated heterocycles. The molecule has 1 aromatic rings. The third-order valence-electron chi connectivity index (χ3n) is 4.23. The van der Waals surface area contributed by atoms with Gasteiger partial charge in [0, 0.05) is 5.56 Å². The summed E-state index contributed by atoms with van der Waals surface area (Å²) in [5.74, 6) is 1.47. The lowest BCUT2D eigenvalue weighted by Gasteiger charge is -2.31. The summed E-state index contributed by atoms with van der Waals surface area (Å²) in [7, 11) is 1.65. The van der Waals surface area contributed by atoms with Crippen LogP contribution in [0.4, 0.5) is 0 Å². The van der Waals surface area contributed by atoms with Crippen molar-refractivity contribution < 1.29 is 9.47 Å². The maximum absolute atomic E-state index is 8.99. The Morgan fingerprint density at radius 2 is 2.10 bits per heavy atom. The quantitative estimate of drug-likeness (QED) is 0.812. The zero-order valence-electron chi connectivity index (χ0n) is 12.4. The molecule has 1 fully saturated rings. The number of nitrogens with zero attached hydrogens (tertiary/aromatic N) is 1. The minimum atomic E-state index is 0.351. The van der Waals surface area contributed by atoms with Crippen LogP contribution in [-0.4, -0.2) is 13.2 Å². The Balaban J connectivity index is 2.04. The Morgan fingerprint density at radius 1 is 1.30 bits per heavy atom. The van der Waals surface area contributed by atoms with Gasteiger partial charge in [0.1, 0.15) is 5.75 Å². The van der Waals surface area contributed by atoms with E-state index in [9.17, 15) is 0 Å². The Labute approximate surface area is 121 Å². The maximum Gasteiger partial charge on any atom is 0.124 e. The topological polar surface area (TPSA) is 42.2 Å². The van der Waals surface area contributed by atoms with Gasteiger partial charge >= 0.3 is 0 Å². The van der Waals surface area contributed by atoms with Crippen molar-refractivity contribution in [3.05, 3.63) is 29.3 Å². The van der Waals surface area contributed by atoms with Crippen LogP contribution in [0.5, 0.6) is 5.75 Å². The van der Waals surface area contributed by atoms with Gasteiger partial charge in [0.05, 0.1) is 31.5 Å². The van der Waals surface area contributed by atoms with Crippen LogP contribution >= 0.6 is 0 Å². The van der Waals surface area contributed by atoms with Gasteiger partial charge in [-0.3, -0.25) is 0 Å². The van der Waals surface area contributed by atoms with Gasteiger partial charge in [-0.1, -0.05) is 26.2 Å². The molecule has 1 aromatic carbocycles. The molecule has 1 aliphatic rings. The molecule has 0 spiro atoms. The Morgan fingerprint density at radius 3 is 2.80 bits per heavy atom. The predicted molar refractivity (Wildman–Crippen MR) is 78.5 cm³/mol. The van der Waals surface area contributed by atoms with E-state index >= 15 is 0 Å². The van der Waals surface area contributed by atoms with Gasteiger partial charge in [0.25, 0.3) is 0 Å². The number of hydrogen-bond acceptors (Lipinski definition) is 3. The second-order valence-electron chi connectivity index (χ2n) is 5.44. The van der Waals surface area contributed by atoms with Crippen molar-refractivity contribution in [2.24, 2.45) is 5.92 Å². The standard InChI is InChI=1S/C17H23NO2/c1-3-14-6-4-5-7-17(14)20-12-15-10-13(11-18)8-9-16(15)19-2/h8-10,14,17H,3-7,12H2,1-2H3.